The normalized spacial score (nSPS) is 10.3. The van der Waals surface area contributed by atoms with Crippen LogP contribution in [-0.2, 0) is 13.1 Å². The molecule has 0 fully saturated rings. The summed E-state index contributed by atoms with van der Waals surface area (Å²) in [4.78, 5) is 16.3. The Labute approximate surface area is 144 Å². The summed E-state index contributed by atoms with van der Waals surface area (Å²) in [6.45, 7) is 0.812. The maximum atomic E-state index is 12.8. The average molecular weight is 337 g/mol. The summed E-state index contributed by atoms with van der Waals surface area (Å²) >= 11 is 0. The maximum absolute atomic E-state index is 12.8. The van der Waals surface area contributed by atoms with E-state index in [9.17, 15) is 9.18 Å². The molecule has 0 spiro atoms. The Hall–Kier alpha value is -3.35. The van der Waals surface area contributed by atoms with Gasteiger partial charge in [0.05, 0.1) is 12.2 Å². The molecule has 126 valence electrons. The Bertz CT molecular complexity index is 822. The Kier molecular flexibility index (Phi) is 5.26. The molecule has 0 saturated heterocycles. The van der Waals surface area contributed by atoms with Gasteiger partial charge in [-0.25, -0.2) is 4.39 Å². The fourth-order valence-corrected chi connectivity index (χ4v) is 2.11. The number of nitrogens with zero attached hydrogens (tertiary/aromatic N) is 3. The highest BCUT2D eigenvalue weighted by Crippen LogP contribution is 2.06. The molecule has 0 saturated carbocycles. The molecule has 1 aromatic carbocycles. The van der Waals surface area contributed by atoms with E-state index in [1.54, 1.807) is 30.5 Å². The third-order valence-corrected chi connectivity index (χ3v) is 3.44. The highest BCUT2D eigenvalue weighted by Gasteiger charge is 2.08. The summed E-state index contributed by atoms with van der Waals surface area (Å²) in [5, 5.41) is 13.7. The van der Waals surface area contributed by atoms with E-state index in [4.69, 9.17) is 0 Å². The molecule has 0 aliphatic rings. The minimum Gasteiger partial charge on any atom is -0.363 e. The minimum atomic E-state index is -0.340. The smallest absolute Gasteiger partial charge is 0.272 e. The van der Waals surface area contributed by atoms with Gasteiger partial charge in [-0.3, -0.25) is 9.78 Å². The van der Waals surface area contributed by atoms with Crippen molar-refractivity contribution in [3.05, 3.63) is 83.6 Å². The first kappa shape index (κ1) is 16.5. The number of carbonyl (C=O) groups excluding carboxylic acids is 1. The number of nitrogens with one attached hydrogen (secondary N) is 2. The van der Waals surface area contributed by atoms with Crippen LogP contribution in [0.1, 0.15) is 21.7 Å². The van der Waals surface area contributed by atoms with Crippen LogP contribution in [0.15, 0.2) is 60.8 Å². The highest BCUT2D eigenvalue weighted by molar-refractivity contribution is 5.92. The Morgan fingerprint density at radius 1 is 0.960 bits per heavy atom. The van der Waals surface area contributed by atoms with Crippen LogP contribution in [0.3, 0.4) is 0 Å². The number of anilines is 1. The van der Waals surface area contributed by atoms with Crippen molar-refractivity contribution in [2.75, 3.05) is 5.32 Å². The van der Waals surface area contributed by atoms with Gasteiger partial charge in [-0.05, 0) is 42.0 Å². The number of rotatable bonds is 6. The molecule has 1 amide bonds. The molecule has 0 aliphatic heterocycles. The van der Waals surface area contributed by atoms with Crippen LogP contribution >= 0.6 is 0 Å². The molecular formula is C18H16FN5O. The molecule has 6 nitrogen and oxygen atoms in total. The van der Waals surface area contributed by atoms with Crippen LogP contribution in [0.2, 0.25) is 0 Å². The van der Waals surface area contributed by atoms with Crippen molar-refractivity contribution >= 4 is 11.7 Å². The summed E-state index contributed by atoms with van der Waals surface area (Å²) < 4.78 is 12.8. The number of amides is 1. The zero-order chi connectivity index (χ0) is 17.5. The Morgan fingerprint density at radius 2 is 1.80 bits per heavy atom. The molecule has 0 bridgehead atoms. The van der Waals surface area contributed by atoms with Crippen LogP contribution < -0.4 is 10.6 Å². The lowest BCUT2D eigenvalue weighted by atomic mass is 10.2. The predicted molar refractivity (Wildman–Crippen MR) is 91.2 cm³/mol. The second-order valence-corrected chi connectivity index (χ2v) is 5.29. The van der Waals surface area contributed by atoms with E-state index in [0.29, 0.717) is 18.9 Å². The van der Waals surface area contributed by atoms with E-state index >= 15 is 0 Å². The van der Waals surface area contributed by atoms with Gasteiger partial charge in [0.2, 0.25) is 0 Å². The molecule has 2 N–H and O–H groups in total. The van der Waals surface area contributed by atoms with Gasteiger partial charge in [0, 0.05) is 12.7 Å². The van der Waals surface area contributed by atoms with E-state index in [1.807, 2.05) is 18.2 Å². The summed E-state index contributed by atoms with van der Waals surface area (Å²) in [6.07, 6.45) is 1.72. The fraction of sp³-hybridized carbons (Fsp3) is 0.111. The number of carbonyl (C=O) groups is 1. The largest absolute Gasteiger partial charge is 0.363 e. The van der Waals surface area contributed by atoms with Crippen molar-refractivity contribution in [3.63, 3.8) is 0 Å². The second kappa shape index (κ2) is 7.96. The highest BCUT2D eigenvalue weighted by atomic mass is 19.1. The molecule has 25 heavy (non-hydrogen) atoms. The molecule has 2 heterocycles. The van der Waals surface area contributed by atoms with Gasteiger partial charge < -0.3 is 10.6 Å². The van der Waals surface area contributed by atoms with E-state index in [2.05, 4.69) is 25.8 Å². The molecule has 7 heteroatoms. The third-order valence-electron chi connectivity index (χ3n) is 3.44. The average Bonchev–Trinajstić information content (AvgIpc) is 2.67. The first-order valence-electron chi connectivity index (χ1n) is 7.71. The molecular weight excluding hydrogens is 321 g/mol. The lowest BCUT2D eigenvalue weighted by molar-refractivity contribution is 0.0945. The summed E-state index contributed by atoms with van der Waals surface area (Å²) in [5.74, 6) is -0.0939. The zero-order valence-electron chi connectivity index (χ0n) is 13.3. The molecule has 2 aromatic heterocycles. The van der Waals surface area contributed by atoms with Crippen LogP contribution in [0.4, 0.5) is 10.2 Å². The standard InChI is InChI=1S/C18H16FN5O/c19-14-6-4-13(5-7-14)11-22-18(25)16-8-9-17(24-23-16)21-12-15-3-1-2-10-20-15/h1-10H,11-12H2,(H,21,24)(H,22,25). The van der Waals surface area contributed by atoms with E-state index in [-0.39, 0.29) is 17.4 Å². The van der Waals surface area contributed by atoms with Gasteiger partial charge in [0.15, 0.2) is 5.69 Å². The lowest BCUT2D eigenvalue weighted by Crippen LogP contribution is -2.24. The van der Waals surface area contributed by atoms with Crippen molar-refractivity contribution in [1.82, 2.24) is 20.5 Å². The van der Waals surface area contributed by atoms with Crippen molar-refractivity contribution in [3.8, 4) is 0 Å². The van der Waals surface area contributed by atoms with Gasteiger partial charge >= 0.3 is 0 Å². The number of aromatic nitrogens is 3. The number of hydrogen-bond donors (Lipinski definition) is 2. The molecule has 0 aliphatic carbocycles. The number of pyridine rings is 1. The summed E-state index contributed by atoms with van der Waals surface area (Å²) in [6, 6.07) is 14.9. The van der Waals surface area contributed by atoms with Crippen molar-refractivity contribution in [2.45, 2.75) is 13.1 Å². The van der Waals surface area contributed by atoms with Crippen molar-refractivity contribution < 1.29 is 9.18 Å². The topological polar surface area (TPSA) is 79.8 Å². The molecule has 0 radical (unpaired) electrons. The monoisotopic (exact) mass is 337 g/mol. The molecule has 3 rings (SSSR count). The van der Waals surface area contributed by atoms with Crippen molar-refractivity contribution in [1.29, 1.82) is 0 Å². The number of hydrogen-bond acceptors (Lipinski definition) is 5. The van der Waals surface area contributed by atoms with Crippen LogP contribution in [-0.4, -0.2) is 21.1 Å². The van der Waals surface area contributed by atoms with Gasteiger partial charge in [-0.2, -0.15) is 0 Å². The predicted octanol–water partition coefficient (Wildman–Crippen LogP) is 2.55. The quantitative estimate of drug-likeness (QED) is 0.723. The van der Waals surface area contributed by atoms with Gasteiger partial charge in [-0.1, -0.05) is 18.2 Å². The number of benzene rings is 1. The lowest BCUT2D eigenvalue weighted by Gasteiger charge is -2.06. The van der Waals surface area contributed by atoms with Gasteiger partial charge in [-0.15, -0.1) is 10.2 Å². The van der Waals surface area contributed by atoms with E-state index in [0.717, 1.165) is 11.3 Å². The second-order valence-electron chi connectivity index (χ2n) is 5.29. The first-order chi connectivity index (χ1) is 12.2. The van der Waals surface area contributed by atoms with E-state index < -0.39 is 0 Å². The summed E-state index contributed by atoms with van der Waals surface area (Å²) in [5.41, 5.74) is 1.90. The number of halogens is 1. The fourth-order valence-electron chi connectivity index (χ4n) is 2.11. The zero-order valence-corrected chi connectivity index (χ0v) is 13.3. The molecule has 3 aromatic rings. The van der Waals surface area contributed by atoms with Gasteiger partial charge in [0.1, 0.15) is 11.6 Å². The van der Waals surface area contributed by atoms with Crippen LogP contribution in [0, 0.1) is 5.82 Å². The van der Waals surface area contributed by atoms with Gasteiger partial charge in [0.25, 0.3) is 5.91 Å². The Morgan fingerprint density at radius 3 is 2.48 bits per heavy atom. The van der Waals surface area contributed by atoms with Crippen LogP contribution in [0.25, 0.3) is 0 Å². The van der Waals surface area contributed by atoms with E-state index in [1.165, 1.54) is 12.1 Å². The summed E-state index contributed by atoms with van der Waals surface area (Å²) in [7, 11) is 0. The first-order valence-corrected chi connectivity index (χ1v) is 7.71. The SMILES string of the molecule is O=C(NCc1ccc(F)cc1)c1ccc(NCc2ccccn2)nn1. The molecule has 0 unspecified atom stereocenters. The van der Waals surface area contributed by atoms with Crippen molar-refractivity contribution in [2.24, 2.45) is 0 Å². The molecule has 0 atom stereocenters. The maximum Gasteiger partial charge on any atom is 0.272 e. The third kappa shape index (κ3) is 4.81. The van der Waals surface area contributed by atoms with Crippen LogP contribution in [0.5, 0.6) is 0 Å². The Balaban J connectivity index is 1.52. The minimum absolute atomic E-state index is 0.213.